The zero-order valence-corrected chi connectivity index (χ0v) is 18.5. The molecule has 30 heavy (non-hydrogen) atoms. The summed E-state index contributed by atoms with van der Waals surface area (Å²) in [5, 5.41) is 9.41. The van der Waals surface area contributed by atoms with Crippen LogP contribution >= 0.6 is 0 Å². The van der Waals surface area contributed by atoms with Crippen LogP contribution in [0.5, 0.6) is 0 Å². The Hall–Kier alpha value is -2.12. The number of rotatable bonds is 9. The minimum atomic E-state index is -0.521. The van der Waals surface area contributed by atoms with Crippen molar-refractivity contribution in [2.24, 2.45) is 0 Å². The number of likely N-dealkylation sites (tertiary alicyclic amines) is 1. The second-order valence-electron chi connectivity index (χ2n) is 8.61. The third kappa shape index (κ3) is 8.32. The third-order valence-corrected chi connectivity index (χ3v) is 5.06. The van der Waals surface area contributed by atoms with E-state index in [1.54, 1.807) is 9.80 Å². The van der Waals surface area contributed by atoms with Gasteiger partial charge < -0.3 is 24.4 Å². The number of hydrogen-bond donors (Lipinski definition) is 1. The van der Waals surface area contributed by atoms with E-state index < -0.39 is 5.60 Å². The Balaban J connectivity index is 1.74. The molecular weight excluding hydrogens is 384 g/mol. The van der Waals surface area contributed by atoms with E-state index in [-0.39, 0.29) is 24.6 Å². The van der Waals surface area contributed by atoms with Gasteiger partial charge in [-0.3, -0.25) is 4.79 Å². The van der Waals surface area contributed by atoms with Crippen LogP contribution < -0.4 is 0 Å². The lowest BCUT2D eigenvalue weighted by Gasteiger charge is -2.38. The molecule has 1 fully saturated rings. The van der Waals surface area contributed by atoms with Gasteiger partial charge in [-0.1, -0.05) is 30.3 Å². The molecule has 0 spiro atoms. The van der Waals surface area contributed by atoms with Crippen molar-refractivity contribution in [3.05, 3.63) is 35.9 Å². The smallest absolute Gasteiger partial charge is 0.410 e. The molecule has 2 amide bonds. The molecule has 0 atom stereocenters. The molecule has 1 heterocycles. The highest BCUT2D eigenvalue weighted by Gasteiger charge is 2.31. The summed E-state index contributed by atoms with van der Waals surface area (Å²) in [6.07, 6.45) is 2.16. The molecule has 1 N–H and O–H groups in total. The number of hydrogen-bond acceptors (Lipinski definition) is 5. The van der Waals surface area contributed by atoms with Crippen LogP contribution in [0, 0.1) is 0 Å². The Labute approximate surface area is 179 Å². The molecular formula is C23H36N2O5. The number of ether oxygens (including phenoxy) is 2. The molecule has 7 heteroatoms. The topological polar surface area (TPSA) is 79.3 Å². The maximum atomic E-state index is 12.7. The van der Waals surface area contributed by atoms with Crippen LogP contribution in [0.15, 0.2) is 30.3 Å². The first kappa shape index (κ1) is 24.2. The number of benzene rings is 1. The lowest BCUT2D eigenvalue weighted by Crippen LogP contribution is -2.50. The fourth-order valence-electron chi connectivity index (χ4n) is 3.55. The van der Waals surface area contributed by atoms with E-state index in [1.165, 1.54) is 5.56 Å². The molecule has 0 aliphatic carbocycles. The van der Waals surface area contributed by atoms with Crippen molar-refractivity contribution in [3.8, 4) is 0 Å². The predicted octanol–water partition coefficient (Wildman–Crippen LogP) is 2.86. The van der Waals surface area contributed by atoms with Crippen molar-refractivity contribution in [1.29, 1.82) is 0 Å². The van der Waals surface area contributed by atoms with E-state index in [1.807, 2.05) is 39.0 Å². The first-order valence-electron chi connectivity index (χ1n) is 10.8. The molecule has 0 aromatic heterocycles. The minimum Gasteiger partial charge on any atom is -0.444 e. The minimum absolute atomic E-state index is 0.0144. The van der Waals surface area contributed by atoms with Crippen LogP contribution in [0.25, 0.3) is 0 Å². The Morgan fingerprint density at radius 2 is 1.80 bits per heavy atom. The summed E-state index contributed by atoms with van der Waals surface area (Å²) in [6.45, 7) is 7.80. The first-order chi connectivity index (χ1) is 14.3. The fourth-order valence-corrected chi connectivity index (χ4v) is 3.55. The van der Waals surface area contributed by atoms with E-state index in [0.717, 1.165) is 6.42 Å². The molecule has 1 aromatic carbocycles. The number of aliphatic hydroxyl groups is 1. The summed E-state index contributed by atoms with van der Waals surface area (Å²) in [7, 11) is 0. The monoisotopic (exact) mass is 420 g/mol. The van der Waals surface area contributed by atoms with E-state index >= 15 is 0 Å². The van der Waals surface area contributed by atoms with Crippen LogP contribution in [0.4, 0.5) is 4.79 Å². The zero-order valence-electron chi connectivity index (χ0n) is 18.5. The highest BCUT2D eigenvalue weighted by Crippen LogP contribution is 2.20. The maximum Gasteiger partial charge on any atom is 0.410 e. The third-order valence-electron chi connectivity index (χ3n) is 5.06. The number of piperidine rings is 1. The Kier molecular flexibility index (Phi) is 9.59. The van der Waals surface area contributed by atoms with Gasteiger partial charge in [-0.05, 0) is 45.6 Å². The van der Waals surface area contributed by atoms with Crippen molar-refractivity contribution in [3.63, 3.8) is 0 Å². The molecule has 0 radical (unpaired) electrons. The number of nitrogens with zero attached hydrogens (tertiary/aromatic N) is 2. The van der Waals surface area contributed by atoms with Crippen molar-refractivity contribution >= 4 is 12.0 Å². The van der Waals surface area contributed by atoms with Gasteiger partial charge in [0.05, 0.1) is 26.2 Å². The first-order valence-corrected chi connectivity index (χ1v) is 10.8. The summed E-state index contributed by atoms with van der Waals surface area (Å²) >= 11 is 0. The molecule has 168 valence electrons. The van der Waals surface area contributed by atoms with E-state index in [4.69, 9.17) is 9.47 Å². The molecule has 0 saturated carbocycles. The number of aliphatic hydroxyl groups excluding tert-OH is 1. The molecule has 0 unspecified atom stereocenters. The second-order valence-corrected chi connectivity index (χ2v) is 8.61. The van der Waals surface area contributed by atoms with Gasteiger partial charge in [0.25, 0.3) is 0 Å². The second kappa shape index (κ2) is 11.9. The zero-order chi connectivity index (χ0) is 22.0. The van der Waals surface area contributed by atoms with Gasteiger partial charge in [0.1, 0.15) is 5.60 Å². The van der Waals surface area contributed by atoms with Gasteiger partial charge >= 0.3 is 6.09 Å². The Morgan fingerprint density at radius 3 is 2.40 bits per heavy atom. The maximum absolute atomic E-state index is 12.7. The summed E-state index contributed by atoms with van der Waals surface area (Å²) < 4.78 is 11.1. The lowest BCUT2D eigenvalue weighted by atomic mass is 10.0. The molecule has 7 nitrogen and oxygen atoms in total. The van der Waals surface area contributed by atoms with Crippen molar-refractivity contribution in [2.45, 2.75) is 58.1 Å². The van der Waals surface area contributed by atoms with Gasteiger partial charge in [-0.25, -0.2) is 4.79 Å². The molecule has 0 bridgehead atoms. The molecule has 1 aliphatic rings. The SMILES string of the molecule is CC(C)(C)OC(=O)N1CCC(N(CCO)C(=O)CCOCCc2ccccc2)CC1. The summed E-state index contributed by atoms with van der Waals surface area (Å²) in [5.41, 5.74) is 0.690. The molecule has 2 rings (SSSR count). The van der Waals surface area contributed by atoms with Crippen LogP contribution in [0.1, 0.15) is 45.6 Å². The normalized spacial score (nSPS) is 15.1. The Morgan fingerprint density at radius 1 is 1.13 bits per heavy atom. The van der Waals surface area contributed by atoms with E-state index in [2.05, 4.69) is 12.1 Å². The standard InChI is InChI=1S/C23H36N2O5/c1-23(2,3)30-22(28)24-13-9-20(10-14-24)25(15-16-26)21(27)12-18-29-17-11-19-7-5-4-6-8-19/h4-8,20,26H,9-18H2,1-3H3. The predicted molar refractivity (Wildman–Crippen MR) is 115 cm³/mol. The molecule has 1 aliphatic heterocycles. The largest absolute Gasteiger partial charge is 0.444 e. The average molecular weight is 421 g/mol. The summed E-state index contributed by atoms with van der Waals surface area (Å²) in [4.78, 5) is 28.4. The van der Waals surface area contributed by atoms with Gasteiger partial charge in [-0.2, -0.15) is 0 Å². The van der Waals surface area contributed by atoms with Crippen LogP contribution in [0.2, 0.25) is 0 Å². The quantitative estimate of drug-likeness (QED) is 0.622. The van der Waals surface area contributed by atoms with Gasteiger partial charge in [0.2, 0.25) is 5.91 Å². The molecule has 1 saturated heterocycles. The van der Waals surface area contributed by atoms with Crippen LogP contribution in [-0.4, -0.2) is 78.0 Å². The van der Waals surface area contributed by atoms with E-state index in [0.29, 0.717) is 52.1 Å². The number of carbonyl (C=O) groups is 2. The summed E-state index contributed by atoms with van der Waals surface area (Å²) in [6, 6.07) is 10.1. The van der Waals surface area contributed by atoms with Gasteiger partial charge in [-0.15, -0.1) is 0 Å². The fraction of sp³-hybridized carbons (Fsp3) is 0.652. The van der Waals surface area contributed by atoms with Crippen LogP contribution in [-0.2, 0) is 20.7 Å². The Bertz CT molecular complexity index is 651. The van der Waals surface area contributed by atoms with Gasteiger partial charge in [0, 0.05) is 25.7 Å². The highest BCUT2D eigenvalue weighted by molar-refractivity contribution is 5.76. The number of amides is 2. The van der Waals surface area contributed by atoms with E-state index in [9.17, 15) is 14.7 Å². The van der Waals surface area contributed by atoms with Crippen molar-refractivity contribution in [1.82, 2.24) is 9.80 Å². The lowest BCUT2D eigenvalue weighted by molar-refractivity contribution is -0.136. The summed E-state index contributed by atoms with van der Waals surface area (Å²) in [5.74, 6) is -0.0144. The average Bonchev–Trinajstić information content (AvgIpc) is 2.71. The van der Waals surface area contributed by atoms with Crippen LogP contribution in [0.3, 0.4) is 0 Å². The highest BCUT2D eigenvalue weighted by atomic mass is 16.6. The van der Waals surface area contributed by atoms with Crippen molar-refractivity contribution < 1.29 is 24.2 Å². The number of carbonyl (C=O) groups excluding carboxylic acids is 2. The molecule has 1 aromatic rings. The van der Waals surface area contributed by atoms with Crippen molar-refractivity contribution in [2.75, 3.05) is 39.5 Å². The van der Waals surface area contributed by atoms with Gasteiger partial charge in [0.15, 0.2) is 0 Å².